The standard InChI is InChI=1S/C29H31N8S.C25H25BrN6S.C4H6N2.BrH/c1-4-37(20-19-36-18-17-34(2)22-36)26-15-13-25(14-16-26)32-31-24-11-9-23(10-12-24)21-30-33-29-35(3)27-7-5-6-8-28(27)38-29;1-3-32(17-16-26)22-14-12-21(13-15-22)29-28-20-10-8-19(9-11-20)18-27-30-25-31(2)23-6-4-5-7-24(23)33-25;1-6-3-2-5-4-6;/h5-18,21-22H,4,19-20H2,1-3H3;4-15,18H,3,16-17H2,1-2H3;2-4H,1H3;1H/q+1;;;/p-1/b30-21+,32-31?,33-29-;27-18+,29-28?,30-25-;;. The number of aromatic nitrogens is 6. The Morgan fingerprint density at radius 1 is 0.577 bits per heavy atom. The summed E-state index contributed by atoms with van der Waals surface area (Å²) < 4.78 is 12.6. The van der Waals surface area contributed by atoms with Crippen LogP contribution < -0.4 is 41.0 Å². The molecule has 400 valence electrons. The molecule has 0 radical (unpaired) electrons. The van der Waals surface area contributed by atoms with Crippen LogP contribution >= 0.6 is 38.6 Å². The van der Waals surface area contributed by atoms with Crippen LogP contribution in [-0.4, -0.2) is 67.2 Å². The van der Waals surface area contributed by atoms with E-state index in [-0.39, 0.29) is 17.0 Å². The maximum absolute atomic E-state index is 4.41. The molecule has 0 spiro atoms. The summed E-state index contributed by atoms with van der Waals surface area (Å²) in [6.07, 6.45) is 15.1. The predicted molar refractivity (Wildman–Crippen MR) is 320 cm³/mol. The monoisotopic (exact) mass is 1200 g/mol. The van der Waals surface area contributed by atoms with Crippen molar-refractivity contribution in [2.75, 3.05) is 41.3 Å². The van der Waals surface area contributed by atoms with Gasteiger partial charge in [-0.3, -0.25) is 0 Å². The number of imidazole rings is 2. The van der Waals surface area contributed by atoms with E-state index in [1.165, 1.54) is 20.8 Å². The van der Waals surface area contributed by atoms with Crippen molar-refractivity contribution in [2.45, 2.75) is 20.4 Å². The molecule has 0 amide bonds. The number of hydrogen-bond donors (Lipinski definition) is 0. The molecule has 0 fully saturated rings. The normalized spacial score (nSPS) is 11.9. The molecule has 16 nitrogen and oxygen atoms in total. The molecular weight excluding hydrogens is 1140 g/mol. The number of fused-ring (bicyclic) bond motifs is 2. The van der Waals surface area contributed by atoms with Gasteiger partial charge >= 0.3 is 0 Å². The summed E-state index contributed by atoms with van der Waals surface area (Å²) in [5, 5.41) is 35.8. The van der Waals surface area contributed by atoms with Gasteiger partial charge in [0.25, 0.3) is 0 Å². The molecule has 0 N–H and O–H groups in total. The average molecular weight is 1210 g/mol. The van der Waals surface area contributed by atoms with Crippen LogP contribution in [-0.2, 0) is 34.7 Å². The smallest absolute Gasteiger partial charge is 0.243 e. The summed E-state index contributed by atoms with van der Waals surface area (Å²) >= 11 is 6.75. The van der Waals surface area contributed by atoms with Crippen molar-refractivity contribution in [1.29, 1.82) is 0 Å². The number of halogens is 2. The molecule has 0 aliphatic rings. The maximum atomic E-state index is 4.41. The van der Waals surface area contributed by atoms with E-state index in [0.717, 1.165) is 92.6 Å². The number of azo groups is 2. The fourth-order valence-electron chi connectivity index (χ4n) is 7.83. The second kappa shape index (κ2) is 29.7. The van der Waals surface area contributed by atoms with Crippen LogP contribution in [0.15, 0.2) is 224 Å². The highest BCUT2D eigenvalue weighted by atomic mass is 79.9. The van der Waals surface area contributed by atoms with E-state index in [1.54, 1.807) is 47.6 Å². The number of benzene rings is 6. The molecule has 78 heavy (non-hydrogen) atoms. The van der Waals surface area contributed by atoms with E-state index >= 15 is 0 Å². The Balaban J connectivity index is 0.000000203. The molecule has 4 aromatic heterocycles. The minimum Gasteiger partial charge on any atom is -1.00 e. The zero-order chi connectivity index (χ0) is 53.8. The first-order valence-electron chi connectivity index (χ1n) is 25.1. The van der Waals surface area contributed by atoms with Crippen LogP contribution in [0.4, 0.5) is 34.1 Å². The highest BCUT2D eigenvalue weighted by Gasteiger charge is 2.09. The van der Waals surface area contributed by atoms with Gasteiger partial charge in [0, 0.05) is 69.9 Å². The highest BCUT2D eigenvalue weighted by molar-refractivity contribution is 9.09. The molecule has 0 unspecified atom stereocenters. The Hall–Kier alpha value is -7.78. The fraction of sp³-hybridized carbons (Fsp3) is 0.207. The summed E-state index contributed by atoms with van der Waals surface area (Å²) in [6, 6.07) is 48.4. The van der Waals surface area contributed by atoms with Gasteiger partial charge in [-0.1, -0.05) is 87.1 Å². The molecule has 0 atom stereocenters. The van der Waals surface area contributed by atoms with Crippen molar-refractivity contribution in [2.24, 2.45) is 69.1 Å². The molecule has 0 saturated heterocycles. The summed E-state index contributed by atoms with van der Waals surface area (Å²) in [7, 11) is 7.98. The van der Waals surface area contributed by atoms with Crippen LogP contribution in [0.1, 0.15) is 25.0 Å². The van der Waals surface area contributed by atoms with Crippen molar-refractivity contribution >= 4 is 106 Å². The third kappa shape index (κ3) is 16.6. The zero-order valence-electron chi connectivity index (χ0n) is 44.4. The lowest BCUT2D eigenvalue weighted by Crippen LogP contribution is -3.00. The van der Waals surface area contributed by atoms with Crippen molar-refractivity contribution in [1.82, 2.24) is 23.3 Å². The minimum absolute atomic E-state index is 0. The van der Waals surface area contributed by atoms with Crippen molar-refractivity contribution in [3.8, 4) is 0 Å². The van der Waals surface area contributed by atoms with Crippen LogP contribution in [0, 0.1) is 0 Å². The number of aryl methyl sites for hydroxylation is 4. The third-order valence-electron chi connectivity index (χ3n) is 12.1. The second-order valence-corrected chi connectivity index (χ2v) is 20.3. The SMILES string of the molecule is CCN(CCBr)c1ccc(N=Nc2ccc(/C=N/N=c3\sc4ccccc4n3C)cc2)cc1.CCN(CCn1cc[n+](C)c1)c1ccc(N=Nc2ccc(/C=N/N=c3\sc4ccccc4n3C)cc2)cc1.Cn1ccnc1.[Br-]. The summed E-state index contributed by atoms with van der Waals surface area (Å²) in [6.45, 7) is 9.10. The Morgan fingerprint density at radius 2 is 1.01 bits per heavy atom. The molecule has 10 aromatic rings. The maximum Gasteiger partial charge on any atom is 0.243 e. The molecule has 0 aliphatic carbocycles. The second-order valence-electron chi connectivity index (χ2n) is 17.5. The summed E-state index contributed by atoms with van der Waals surface area (Å²) in [5.41, 5.74) is 9.81. The Kier molecular flexibility index (Phi) is 22.0. The van der Waals surface area contributed by atoms with E-state index in [1.807, 2.05) is 136 Å². The number of alkyl halides is 1. The van der Waals surface area contributed by atoms with Crippen molar-refractivity contribution in [3.63, 3.8) is 0 Å². The first kappa shape index (κ1) is 57.9. The Bertz CT molecular complexity index is 3680. The van der Waals surface area contributed by atoms with Crippen LogP contribution in [0.25, 0.3) is 20.4 Å². The number of rotatable bonds is 17. The van der Waals surface area contributed by atoms with Gasteiger partial charge in [-0.25, -0.2) is 14.1 Å². The average Bonchev–Trinajstić information content (AvgIpc) is 4.27. The number of para-hydroxylation sites is 2. The zero-order valence-corrected chi connectivity index (χ0v) is 49.3. The van der Waals surface area contributed by atoms with E-state index in [0.29, 0.717) is 0 Å². The van der Waals surface area contributed by atoms with Gasteiger partial charge in [0.05, 0.1) is 75.5 Å². The highest BCUT2D eigenvalue weighted by Crippen LogP contribution is 2.25. The van der Waals surface area contributed by atoms with Gasteiger partial charge in [0.1, 0.15) is 18.9 Å². The van der Waals surface area contributed by atoms with Gasteiger partial charge < -0.3 is 40.5 Å². The third-order valence-corrected chi connectivity index (χ3v) is 14.7. The predicted octanol–water partition coefficient (Wildman–Crippen LogP) is 9.98. The fourth-order valence-corrected chi connectivity index (χ4v) is 10.2. The Labute approximate surface area is 481 Å². The van der Waals surface area contributed by atoms with Gasteiger partial charge in [0.2, 0.25) is 15.9 Å². The molecule has 4 heterocycles. The van der Waals surface area contributed by atoms with Crippen molar-refractivity contribution in [3.05, 3.63) is 204 Å². The van der Waals surface area contributed by atoms with Crippen LogP contribution in [0.2, 0.25) is 0 Å². The number of nitrogens with zero attached hydrogens (tertiary/aromatic N) is 16. The summed E-state index contributed by atoms with van der Waals surface area (Å²) in [5.74, 6) is 0. The van der Waals surface area contributed by atoms with Crippen LogP contribution in [0.5, 0.6) is 0 Å². The quantitative estimate of drug-likeness (QED) is 0.0295. The van der Waals surface area contributed by atoms with Gasteiger partial charge in [-0.15, -0.1) is 10.2 Å². The topological polar surface area (TPSA) is 142 Å². The van der Waals surface area contributed by atoms with Gasteiger partial charge in [-0.05, 0) is 122 Å². The molecule has 0 aliphatic heterocycles. The number of hydrogen-bond acceptors (Lipinski definition) is 13. The van der Waals surface area contributed by atoms with E-state index in [4.69, 9.17) is 0 Å². The van der Waals surface area contributed by atoms with Crippen LogP contribution in [0.3, 0.4) is 0 Å². The van der Waals surface area contributed by atoms with E-state index in [2.05, 4.69) is 171 Å². The van der Waals surface area contributed by atoms with Crippen molar-refractivity contribution < 1.29 is 21.5 Å². The lowest BCUT2D eigenvalue weighted by Gasteiger charge is -2.22. The molecule has 6 aromatic carbocycles. The number of anilines is 2. The summed E-state index contributed by atoms with van der Waals surface area (Å²) in [4.78, 5) is 10.2. The number of likely N-dealkylation sites (N-methyl/N-ethyl adjacent to an activating group) is 1. The largest absolute Gasteiger partial charge is 1.00 e. The minimum atomic E-state index is 0. The molecule has 0 saturated carbocycles. The van der Waals surface area contributed by atoms with Gasteiger partial charge in [-0.2, -0.15) is 30.7 Å². The van der Waals surface area contributed by atoms with Gasteiger partial charge in [0.15, 0.2) is 0 Å². The Morgan fingerprint density at radius 3 is 1.37 bits per heavy atom. The lowest BCUT2D eigenvalue weighted by atomic mass is 10.2. The molecule has 10 rings (SSSR count). The molecule has 20 heteroatoms. The molecular formula is C58H62Br2N16S2. The first-order valence-corrected chi connectivity index (χ1v) is 27.9. The molecule has 0 bridgehead atoms. The van der Waals surface area contributed by atoms with E-state index in [9.17, 15) is 0 Å². The first-order chi connectivity index (χ1) is 37.7. The lowest BCUT2D eigenvalue weighted by molar-refractivity contribution is -0.671. The number of thiazole rings is 2. The van der Waals surface area contributed by atoms with E-state index < -0.39 is 0 Å².